The molecule has 0 aromatic heterocycles. The van der Waals surface area contributed by atoms with Crippen LogP contribution in [0.4, 0.5) is 0 Å². The van der Waals surface area contributed by atoms with Crippen LogP contribution in [-0.4, -0.2) is 36.8 Å². The summed E-state index contributed by atoms with van der Waals surface area (Å²) in [6, 6.07) is 0.122. The van der Waals surface area contributed by atoms with E-state index in [1.807, 2.05) is 6.92 Å². The van der Waals surface area contributed by atoms with Crippen LogP contribution in [-0.2, 0) is 14.4 Å². The molecule has 74 valence electrons. The van der Waals surface area contributed by atoms with Gasteiger partial charge in [0.1, 0.15) is 0 Å². The highest BCUT2D eigenvalue weighted by Gasteiger charge is 2.22. The van der Waals surface area contributed by atoms with Crippen LogP contribution in [0.2, 0.25) is 0 Å². The van der Waals surface area contributed by atoms with Gasteiger partial charge < -0.3 is 9.57 Å². The molecule has 1 unspecified atom stereocenters. The Labute approximate surface area is 78.1 Å². The number of nitrogens with zero attached hydrogens (tertiary/aromatic N) is 1. The Hall–Kier alpha value is -0.870. The van der Waals surface area contributed by atoms with Crippen molar-refractivity contribution in [2.24, 2.45) is 0 Å². The van der Waals surface area contributed by atoms with Crippen molar-refractivity contribution in [3.63, 3.8) is 0 Å². The summed E-state index contributed by atoms with van der Waals surface area (Å²) in [7, 11) is 0. The molecular formula is C9H15NO3. The van der Waals surface area contributed by atoms with Crippen LogP contribution >= 0.6 is 0 Å². The second-order valence-corrected chi connectivity index (χ2v) is 3.22. The van der Waals surface area contributed by atoms with E-state index in [4.69, 9.17) is 9.57 Å². The summed E-state index contributed by atoms with van der Waals surface area (Å²) in [6.07, 6.45) is 0. The first-order chi connectivity index (χ1) is 6.11. The van der Waals surface area contributed by atoms with Gasteiger partial charge in [0.25, 0.3) is 0 Å². The largest absolute Gasteiger partial charge is 0.378 e. The standard InChI is InChI=1S/C9H15NO3/c1-7(2)9(11)13-10-4-5-12-6-8(10)3/h8H,1,4-6H2,2-3H3. The molecule has 1 saturated heterocycles. The van der Waals surface area contributed by atoms with Crippen molar-refractivity contribution in [1.82, 2.24) is 5.06 Å². The van der Waals surface area contributed by atoms with Crippen LogP contribution in [0.3, 0.4) is 0 Å². The third-order valence-corrected chi connectivity index (χ3v) is 1.86. The van der Waals surface area contributed by atoms with Crippen molar-refractivity contribution in [1.29, 1.82) is 0 Å². The number of hydrogen-bond acceptors (Lipinski definition) is 4. The maximum Gasteiger partial charge on any atom is 0.352 e. The Balaban J connectivity index is 2.42. The van der Waals surface area contributed by atoms with E-state index in [2.05, 4.69) is 6.58 Å². The van der Waals surface area contributed by atoms with E-state index >= 15 is 0 Å². The average molecular weight is 185 g/mol. The van der Waals surface area contributed by atoms with E-state index in [1.54, 1.807) is 12.0 Å². The van der Waals surface area contributed by atoms with Gasteiger partial charge in [-0.25, -0.2) is 4.79 Å². The van der Waals surface area contributed by atoms with Crippen molar-refractivity contribution >= 4 is 5.97 Å². The van der Waals surface area contributed by atoms with Crippen LogP contribution in [0.15, 0.2) is 12.2 Å². The molecule has 0 bridgehead atoms. The molecule has 0 aromatic rings. The molecule has 1 aliphatic heterocycles. The Bertz CT molecular complexity index is 215. The average Bonchev–Trinajstić information content (AvgIpc) is 2.08. The third-order valence-electron chi connectivity index (χ3n) is 1.86. The molecule has 0 spiro atoms. The minimum absolute atomic E-state index is 0.122. The van der Waals surface area contributed by atoms with Gasteiger partial charge in [-0.05, 0) is 13.8 Å². The fraction of sp³-hybridized carbons (Fsp3) is 0.667. The Morgan fingerprint density at radius 3 is 2.92 bits per heavy atom. The lowest BCUT2D eigenvalue weighted by Crippen LogP contribution is -2.44. The Morgan fingerprint density at radius 1 is 1.69 bits per heavy atom. The second-order valence-electron chi connectivity index (χ2n) is 3.22. The summed E-state index contributed by atoms with van der Waals surface area (Å²) in [4.78, 5) is 16.2. The molecule has 0 radical (unpaired) electrons. The van der Waals surface area contributed by atoms with E-state index < -0.39 is 0 Å². The van der Waals surface area contributed by atoms with Crippen LogP contribution in [0.5, 0.6) is 0 Å². The molecule has 0 saturated carbocycles. The van der Waals surface area contributed by atoms with Crippen molar-refractivity contribution in [2.45, 2.75) is 19.9 Å². The molecule has 1 aliphatic rings. The van der Waals surface area contributed by atoms with Gasteiger partial charge in [0, 0.05) is 5.57 Å². The van der Waals surface area contributed by atoms with Crippen LogP contribution in [0.1, 0.15) is 13.8 Å². The molecule has 1 atom stereocenters. The first kappa shape index (κ1) is 10.2. The zero-order valence-electron chi connectivity index (χ0n) is 8.08. The number of morpholine rings is 1. The number of ether oxygens (including phenoxy) is 1. The highest BCUT2D eigenvalue weighted by atomic mass is 16.7. The fourth-order valence-corrected chi connectivity index (χ4v) is 1.03. The Morgan fingerprint density at radius 2 is 2.38 bits per heavy atom. The summed E-state index contributed by atoms with van der Waals surface area (Å²) < 4.78 is 5.20. The summed E-state index contributed by atoms with van der Waals surface area (Å²) in [5.41, 5.74) is 0.415. The summed E-state index contributed by atoms with van der Waals surface area (Å²) >= 11 is 0. The number of hydroxylamine groups is 2. The normalized spacial score (nSPS) is 24.0. The summed E-state index contributed by atoms with van der Waals surface area (Å²) in [5, 5.41) is 1.64. The number of carbonyl (C=O) groups excluding carboxylic acids is 1. The van der Waals surface area contributed by atoms with Gasteiger partial charge in [0.05, 0.1) is 25.8 Å². The minimum Gasteiger partial charge on any atom is -0.378 e. The van der Waals surface area contributed by atoms with Crippen LogP contribution in [0.25, 0.3) is 0 Å². The predicted octanol–water partition coefficient (Wildman–Crippen LogP) is 0.741. The minimum atomic E-state index is -0.367. The van der Waals surface area contributed by atoms with Gasteiger partial charge in [-0.1, -0.05) is 6.58 Å². The monoisotopic (exact) mass is 185 g/mol. The lowest BCUT2D eigenvalue weighted by Gasteiger charge is -2.31. The van der Waals surface area contributed by atoms with Gasteiger partial charge in [-0.15, -0.1) is 5.06 Å². The van der Waals surface area contributed by atoms with Crippen LogP contribution in [0, 0.1) is 0 Å². The fourth-order valence-electron chi connectivity index (χ4n) is 1.03. The molecule has 0 amide bonds. The topological polar surface area (TPSA) is 38.8 Å². The van der Waals surface area contributed by atoms with E-state index in [1.165, 1.54) is 0 Å². The number of carbonyl (C=O) groups is 1. The van der Waals surface area contributed by atoms with Crippen molar-refractivity contribution in [3.05, 3.63) is 12.2 Å². The zero-order valence-corrected chi connectivity index (χ0v) is 8.08. The molecular weight excluding hydrogens is 170 g/mol. The van der Waals surface area contributed by atoms with E-state index in [9.17, 15) is 4.79 Å². The maximum absolute atomic E-state index is 11.2. The van der Waals surface area contributed by atoms with Gasteiger partial charge >= 0.3 is 5.97 Å². The van der Waals surface area contributed by atoms with Gasteiger partial charge in [0.15, 0.2) is 0 Å². The highest BCUT2D eigenvalue weighted by molar-refractivity contribution is 5.86. The molecule has 4 nitrogen and oxygen atoms in total. The molecule has 4 heteroatoms. The second kappa shape index (κ2) is 4.39. The van der Waals surface area contributed by atoms with E-state index in [-0.39, 0.29) is 12.0 Å². The highest BCUT2D eigenvalue weighted by Crippen LogP contribution is 2.08. The lowest BCUT2D eigenvalue weighted by molar-refractivity contribution is -0.216. The number of hydrogen-bond donors (Lipinski definition) is 0. The van der Waals surface area contributed by atoms with Crippen LogP contribution < -0.4 is 0 Å². The lowest BCUT2D eigenvalue weighted by atomic mass is 10.3. The summed E-state index contributed by atoms with van der Waals surface area (Å²) in [6.45, 7) is 8.93. The molecule has 13 heavy (non-hydrogen) atoms. The van der Waals surface area contributed by atoms with Crippen molar-refractivity contribution in [3.8, 4) is 0 Å². The van der Waals surface area contributed by atoms with Gasteiger partial charge in [-0.3, -0.25) is 0 Å². The predicted molar refractivity (Wildman–Crippen MR) is 47.9 cm³/mol. The van der Waals surface area contributed by atoms with E-state index in [0.717, 1.165) is 0 Å². The van der Waals surface area contributed by atoms with E-state index in [0.29, 0.717) is 25.3 Å². The molecule has 0 N–H and O–H groups in total. The SMILES string of the molecule is C=C(C)C(=O)ON1CCOCC1C. The van der Waals surface area contributed by atoms with Gasteiger partial charge in [0.2, 0.25) is 0 Å². The molecule has 0 aromatic carbocycles. The summed E-state index contributed by atoms with van der Waals surface area (Å²) in [5.74, 6) is -0.367. The first-order valence-corrected chi connectivity index (χ1v) is 4.33. The third kappa shape index (κ3) is 2.82. The molecule has 1 heterocycles. The Kier molecular flexibility index (Phi) is 3.45. The van der Waals surface area contributed by atoms with Gasteiger partial charge in [-0.2, -0.15) is 0 Å². The molecule has 1 rings (SSSR count). The van der Waals surface area contributed by atoms with Crippen molar-refractivity contribution < 1.29 is 14.4 Å². The number of rotatable bonds is 2. The van der Waals surface area contributed by atoms with Crippen molar-refractivity contribution in [2.75, 3.05) is 19.8 Å². The smallest absolute Gasteiger partial charge is 0.352 e. The zero-order chi connectivity index (χ0) is 9.84. The quantitative estimate of drug-likeness (QED) is 0.595. The molecule has 0 aliphatic carbocycles. The molecule has 1 fully saturated rings. The maximum atomic E-state index is 11.2. The first-order valence-electron chi connectivity index (χ1n) is 4.33.